The molecule has 3 nitrogen and oxygen atoms in total. The van der Waals surface area contributed by atoms with Crippen LogP contribution in [0.5, 0.6) is 0 Å². The van der Waals surface area contributed by atoms with Crippen molar-refractivity contribution in [2.45, 2.75) is 0 Å². The van der Waals surface area contributed by atoms with Gasteiger partial charge in [-0.25, -0.2) is 4.68 Å². The van der Waals surface area contributed by atoms with Crippen LogP contribution >= 0.6 is 23.2 Å². The molecule has 24 heavy (non-hydrogen) atoms. The quantitative estimate of drug-likeness (QED) is 0.521. The minimum atomic E-state index is -0.142. The molecule has 1 N–H and O–H groups in total. The number of aromatic nitrogens is 2. The lowest BCUT2D eigenvalue weighted by Crippen LogP contribution is -2.13. The van der Waals surface area contributed by atoms with Gasteiger partial charge in [-0.05, 0) is 41.1 Å². The highest BCUT2D eigenvalue weighted by atomic mass is 35.5. The molecule has 4 aromatic rings. The van der Waals surface area contributed by atoms with E-state index < -0.39 is 0 Å². The fraction of sp³-hybridized carbons (Fsp3) is 0. The zero-order valence-corrected chi connectivity index (χ0v) is 14.0. The first-order valence-electron chi connectivity index (χ1n) is 7.38. The third-order valence-corrected chi connectivity index (χ3v) is 4.32. The molecule has 0 aliphatic heterocycles. The van der Waals surface area contributed by atoms with Crippen molar-refractivity contribution in [3.63, 3.8) is 0 Å². The van der Waals surface area contributed by atoms with Crippen LogP contribution in [0, 0.1) is 0 Å². The Bertz CT molecular complexity index is 1090. The molecular formula is C19H12Cl2N2O. The van der Waals surface area contributed by atoms with Gasteiger partial charge in [0.25, 0.3) is 5.56 Å². The van der Waals surface area contributed by atoms with E-state index in [9.17, 15) is 4.79 Å². The summed E-state index contributed by atoms with van der Waals surface area (Å²) >= 11 is 12.1. The van der Waals surface area contributed by atoms with Crippen LogP contribution in [0.15, 0.2) is 71.5 Å². The molecule has 0 radical (unpaired) electrons. The zero-order chi connectivity index (χ0) is 16.7. The lowest BCUT2D eigenvalue weighted by atomic mass is 10.1. The largest absolute Gasteiger partial charge is 0.290 e. The predicted octanol–water partition coefficient (Wildman–Crippen LogP) is 5.29. The van der Waals surface area contributed by atoms with Gasteiger partial charge in [-0.3, -0.25) is 9.89 Å². The van der Waals surface area contributed by atoms with Crippen LogP contribution in [-0.4, -0.2) is 9.78 Å². The Morgan fingerprint density at radius 3 is 2.25 bits per heavy atom. The second-order valence-electron chi connectivity index (χ2n) is 5.53. The molecule has 3 aromatic carbocycles. The molecule has 0 unspecified atom stereocenters. The Hall–Kier alpha value is -2.49. The van der Waals surface area contributed by atoms with E-state index >= 15 is 0 Å². The summed E-state index contributed by atoms with van der Waals surface area (Å²) in [6, 6.07) is 20.6. The second-order valence-corrected chi connectivity index (χ2v) is 6.41. The summed E-state index contributed by atoms with van der Waals surface area (Å²) in [5, 5.41) is 6.37. The van der Waals surface area contributed by atoms with Gasteiger partial charge in [0.05, 0.1) is 11.4 Å². The van der Waals surface area contributed by atoms with Crippen LogP contribution in [0.2, 0.25) is 10.0 Å². The predicted molar refractivity (Wildman–Crippen MR) is 99.4 cm³/mol. The molecule has 1 aromatic heterocycles. The lowest BCUT2D eigenvalue weighted by Gasteiger charge is -2.05. The van der Waals surface area contributed by atoms with Crippen molar-refractivity contribution in [1.82, 2.24) is 9.78 Å². The summed E-state index contributed by atoms with van der Waals surface area (Å²) in [5.74, 6) is 0. The monoisotopic (exact) mass is 354 g/mol. The van der Waals surface area contributed by atoms with E-state index in [1.165, 1.54) is 10.7 Å². The van der Waals surface area contributed by atoms with Crippen LogP contribution in [0.3, 0.4) is 0 Å². The van der Waals surface area contributed by atoms with Crippen molar-refractivity contribution in [1.29, 1.82) is 0 Å². The summed E-state index contributed by atoms with van der Waals surface area (Å²) < 4.78 is 1.51. The average molecular weight is 355 g/mol. The molecule has 0 fully saturated rings. The first kappa shape index (κ1) is 15.1. The molecule has 0 saturated carbocycles. The zero-order valence-electron chi connectivity index (χ0n) is 12.5. The maximum absolute atomic E-state index is 12.4. The number of nitrogens with one attached hydrogen (secondary N) is 1. The van der Waals surface area contributed by atoms with Crippen LogP contribution in [0.25, 0.3) is 27.7 Å². The van der Waals surface area contributed by atoms with Crippen molar-refractivity contribution in [2.24, 2.45) is 0 Å². The van der Waals surface area contributed by atoms with E-state index in [2.05, 4.69) is 5.10 Å². The van der Waals surface area contributed by atoms with Gasteiger partial charge >= 0.3 is 0 Å². The first-order valence-corrected chi connectivity index (χ1v) is 8.13. The van der Waals surface area contributed by atoms with E-state index in [0.717, 1.165) is 22.0 Å². The number of aromatic amines is 1. The van der Waals surface area contributed by atoms with Gasteiger partial charge in [0.2, 0.25) is 0 Å². The molecule has 5 heteroatoms. The van der Waals surface area contributed by atoms with E-state index in [-0.39, 0.29) is 5.56 Å². The maximum atomic E-state index is 12.4. The molecule has 0 saturated heterocycles. The number of hydrogen-bond donors (Lipinski definition) is 1. The Morgan fingerprint density at radius 2 is 1.50 bits per heavy atom. The van der Waals surface area contributed by atoms with Crippen molar-refractivity contribution >= 4 is 34.0 Å². The van der Waals surface area contributed by atoms with Crippen LogP contribution in [-0.2, 0) is 0 Å². The smallest absolute Gasteiger partial charge is 0.271 e. The average Bonchev–Trinajstić information content (AvgIpc) is 2.95. The fourth-order valence-electron chi connectivity index (χ4n) is 2.76. The van der Waals surface area contributed by atoms with Gasteiger partial charge in [-0.1, -0.05) is 53.5 Å². The fourth-order valence-corrected chi connectivity index (χ4v) is 3.29. The van der Waals surface area contributed by atoms with Gasteiger partial charge in [-0.15, -0.1) is 0 Å². The summed E-state index contributed by atoms with van der Waals surface area (Å²) in [4.78, 5) is 12.4. The molecule has 0 aliphatic rings. The number of hydrogen-bond acceptors (Lipinski definition) is 1. The van der Waals surface area contributed by atoms with Crippen molar-refractivity contribution in [2.75, 3.05) is 0 Å². The molecule has 4 rings (SSSR count). The Labute approximate surface area is 148 Å². The molecule has 0 atom stereocenters. The molecule has 0 aliphatic carbocycles. The topological polar surface area (TPSA) is 37.8 Å². The Balaban J connectivity index is 1.84. The summed E-state index contributed by atoms with van der Waals surface area (Å²) in [7, 11) is 0. The van der Waals surface area contributed by atoms with E-state index in [0.29, 0.717) is 15.7 Å². The molecule has 0 bridgehead atoms. The lowest BCUT2D eigenvalue weighted by molar-refractivity contribution is 0.854. The van der Waals surface area contributed by atoms with Crippen molar-refractivity contribution in [3.8, 4) is 16.9 Å². The minimum Gasteiger partial charge on any atom is -0.290 e. The van der Waals surface area contributed by atoms with E-state index in [1.807, 2.05) is 42.5 Å². The molecule has 0 spiro atoms. The summed E-state index contributed by atoms with van der Waals surface area (Å²) in [5.41, 5.74) is 2.07. The van der Waals surface area contributed by atoms with Gasteiger partial charge in [0.15, 0.2) is 0 Å². The SMILES string of the molecule is O=c1cc(-c2cc(Cl)cc(Cl)c2)[nH]n1-c1ccc2ccccc2c1. The first-order chi connectivity index (χ1) is 11.6. The Morgan fingerprint density at radius 1 is 0.792 bits per heavy atom. The maximum Gasteiger partial charge on any atom is 0.271 e. The van der Waals surface area contributed by atoms with E-state index in [1.54, 1.807) is 18.2 Å². The summed E-state index contributed by atoms with van der Waals surface area (Å²) in [6.45, 7) is 0. The highest BCUT2D eigenvalue weighted by molar-refractivity contribution is 6.35. The minimum absolute atomic E-state index is 0.142. The molecule has 118 valence electrons. The van der Waals surface area contributed by atoms with E-state index in [4.69, 9.17) is 23.2 Å². The number of H-pyrrole nitrogens is 1. The van der Waals surface area contributed by atoms with Crippen LogP contribution in [0.1, 0.15) is 0 Å². The standard InChI is InChI=1S/C19H12Cl2N2O/c20-15-7-14(8-16(21)10-15)18-11-19(24)23(22-18)17-6-5-12-3-1-2-4-13(12)9-17/h1-11,22H. The normalized spacial score (nSPS) is 11.1. The number of benzene rings is 3. The van der Waals surface area contributed by atoms with Crippen molar-refractivity contribution < 1.29 is 0 Å². The number of halogens is 2. The van der Waals surface area contributed by atoms with Gasteiger partial charge in [0.1, 0.15) is 0 Å². The van der Waals surface area contributed by atoms with Gasteiger partial charge in [-0.2, -0.15) is 0 Å². The molecule has 1 heterocycles. The third-order valence-electron chi connectivity index (χ3n) is 3.89. The van der Waals surface area contributed by atoms with Gasteiger partial charge in [0, 0.05) is 21.7 Å². The van der Waals surface area contributed by atoms with Crippen LogP contribution in [0.4, 0.5) is 0 Å². The van der Waals surface area contributed by atoms with Crippen LogP contribution < -0.4 is 5.56 Å². The van der Waals surface area contributed by atoms with Gasteiger partial charge < -0.3 is 0 Å². The van der Waals surface area contributed by atoms with Crippen molar-refractivity contribution in [3.05, 3.63) is 87.1 Å². The number of fused-ring (bicyclic) bond motifs is 1. The summed E-state index contributed by atoms with van der Waals surface area (Å²) in [6.07, 6.45) is 0. The number of rotatable bonds is 2. The molecular weight excluding hydrogens is 343 g/mol. The Kier molecular flexibility index (Phi) is 3.68. The highest BCUT2D eigenvalue weighted by Crippen LogP contribution is 2.26. The third kappa shape index (κ3) is 2.73. The second kappa shape index (κ2) is 5.86. The highest BCUT2D eigenvalue weighted by Gasteiger charge is 2.09. The number of nitrogens with zero attached hydrogens (tertiary/aromatic N) is 1. The molecule has 0 amide bonds.